The van der Waals surface area contributed by atoms with Crippen molar-refractivity contribution in [2.75, 3.05) is 6.61 Å². The number of rotatable bonds is 6. The molecule has 1 aromatic carbocycles. The number of benzene rings is 1. The van der Waals surface area contributed by atoms with E-state index in [0.29, 0.717) is 12.4 Å². The first-order valence-corrected chi connectivity index (χ1v) is 6.99. The van der Waals surface area contributed by atoms with Gasteiger partial charge in [-0.2, -0.15) is 0 Å². The highest BCUT2D eigenvalue weighted by Crippen LogP contribution is 2.15. The number of hydrogen-bond donors (Lipinski definition) is 2. The van der Waals surface area contributed by atoms with E-state index in [1.807, 2.05) is 31.2 Å². The zero-order valence-electron chi connectivity index (χ0n) is 12.2. The third-order valence-corrected chi connectivity index (χ3v) is 3.06. The summed E-state index contributed by atoms with van der Waals surface area (Å²) in [7, 11) is 0. The predicted molar refractivity (Wildman–Crippen MR) is 78.5 cm³/mol. The topological polar surface area (TPSA) is 84.1 Å². The van der Waals surface area contributed by atoms with Gasteiger partial charge in [-0.25, -0.2) is 4.98 Å². The average Bonchev–Trinajstić information content (AvgIpc) is 2.89. The lowest BCUT2D eigenvalue weighted by molar-refractivity contribution is -0.144. The number of hydrogen-bond acceptors (Lipinski definition) is 4. The van der Waals surface area contributed by atoms with Crippen LogP contribution >= 0.6 is 0 Å². The predicted octanol–water partition coefficient (Wildman–Crippen LogP) is 2.08. The molecule has 0 fully saturated rings. The summed E-state index contributed by atoms with van der Waals surface area (Å²) in [6, 6.07) is 7.43. The normalized spacial score (nSPS) is 12.1. The van der Waals surface area contributed by atoms with Crippen LogP contribution in [-0.4, -0.2) is 28.5 Å². The molecule has 2 N–H and O–H groups in total. The van der Waals surface area contributed by atoms with Crippen LogP contribution < -0.4 is 5.32 Å². The van der Waals surface area contributed by atoms with E-state index in [1.165, 1.54) is 0 Å². The van der Waals surface area contributed by atoms with Gasteiger partial charge in [-0.3, -0.25) is 9.59 Å². The van der Waals surface area contributed by atoms with E-state index in [1.54, 1.807) is 6.92 Å². The van der Waals surface area contributed by atoms with Crippen molar-refractivity contribution in [3.8, 4) is 0 Å². The van der Waals surface area contributed by atoms with E-state index in [2.05, 4.69) is 15.3 Å². The highest BCUT2D eigenvalue weighted by Gasteiger charge is 2.14. The van der Waals surface area contributed by atoms with Crippen LogP contribution in [-0.2, 0) is 14.3 Å². The summed E-state index contributed by atoms with van der Waals surface area (Å²) in [5.41, 5.74) is 1.79. The summed E-state index contributed by atoms with van der Waals surface area (Å²) in [4.78, 5) is 30.6. The molecule has 1 heterocycles. The number of fused-ring (bicyclic) bond motifs is 1. The van der Waals surface area contributed by atoms with E-state index in [-0.39, 0.29) is 30.8 Å². The third-order valence-electron chi connectivity index (χ3n) is 3.06. The Morgan fingerprint density at radius 2 is 2.10 bits per heavy atom. The number of carbonyl (C=O) groups is 2. The van der Waals surface area contributed by atoms with E-state index in [0.717, 1.165) is 11.0 Å². The lowest BCUT2D eigenvalue weighted by atomic mass is 10.2. The van der Waals surface area contributed by atoms with Gasteiger partial charge in [-0.15, -0.1) is 0 Å². The Kier molecular flexibility index (Phi) is 4.92. The Labute approximate surface area is 122 Å². The van der Waals surface area contributed by atoms with Crippen LogP contribution in [0.2, 0.25) is 0 Å². The fourth-order valence-corrected chi connectivity index (χ4v) is 2.01. The van der Waals surface area contributed by atoms with Gasteiger partial charge >= 0.3 is 5.97 Å². The van der Waals surface area contributed by atoms with Gasteiger partial charge in [0.2, 0.25) is 5.91 Å². The molecule has 0 saturated carbocycles. The molecule has 2 aromatic rings. The van der Waals surface area contributed by atoms with Crippen molar-refractivity contribution in [2.45, 2.75) is 32.7 Å². The molecule has 0 bridgehead atoms. The SMILES string of the molecule is CCOC(=O)CCC(=O)NC(C)c1nc2ccccc2[nH]1. The van der Waals surface area contributed by atoms with E-state index in [9.17, 15) is 9.59 Å². The summed E-state index contributed by atoms with van der Waals surface area (Å²) < 4.78 is 4.78. The minimum absolute atomic E-state index is 0.0898. The van der Waals surface area contributed by atoms with Gasteiger partial charge in [-0.1, -0.05) is 12.1 Å². The summed E-state index contributed by atoms with van der Waals surface area (Å²) in [6.45, 7) is 3.91. The number of imidazole rings is 1. The molecule has 1 aromatic heterocycles. The van der Waals surface area contributed by atoms with Crippen molar-refractivity contribution in [3.05, 3.63) is 30.1 Å². The fourth-order valence-electron chi connectivity index (χ4n) is 2.01. The van der Waals surface area contributed by atoms with Crippen molar-refractivity contribution in [1.29, 1.82) is 0 Å². The van der Waals surface area contributed by atoms with Crippen LogP contribution in [0, 0.1) is 0 Å². The maximum atomic E-state index is 11.8. The van der Waals surface area contributed by atoms with Crippen LogP contribution in [0.5, 0.6) is 0 Å². The van der Waals surface area contributed by atoms with Crippen molar-refractivity contribution >= 4 is 22.9 Å². The van der Waals surface area contributed by atoms with Crippen molar-refractivity contribution < 1.29 is 14.3 Å². The molecule has 6 nitrogen and oxygen atoms in total. The number of aromatic nitrogens is 2. The van der Waals surface area contributed by atoms with Crippen LogP contribution in [0.3, 0.4) is 0 Å². The highest BCUT2D eigenvalue weighted by molar-refractivity contribution is 5.81. The number of carbonyl (C=O) groups excluding carboxylic acids is 2. The largest absolute Gasteiger partial charge is 0.466 e. The second-order valence-electron chi connectivity index (χ2n) is 4.73. The third kappa shape index (κ3) is 4.05. The van der Waals surface area contributed by atoms with Crippen molar-refractivity contribution in [3.63, 3.8) is 0 Å². The number of nitrogens with zero attached hydrogens (tertiary/aromatic N) is 1. The maximum Gasteiger partial charge on any atom is 0.306 e. The summed E-state index contributed by atoms with van der Waals surface area (Å²) in [5, 5.41) is 2.81. The lowest BCUT2D eigenvalue weighted by Gasteiger charge is -2.11. The number of esters is 1. The Hall–Kier alpha value is -2.37. The Bertz CT molecular complexity index is 603. The molecule has 0 radical (unpaired) electrons. The first-order valence-electron chi connectivity index (χ1n) is 6.99. The van der Waals surface area contributed by atoms with Crippen LogP contribution in [0.25, 0.3) is 11.0 Å². The summed E-state index contributed by atoms with van der Waals surface area (Å²) in [5.74, 6) is 0.140. The summed E-state index contributed by atoms with van der Waals surface area (Å²) >= 11 is 0. The molecule has 6 heteroatoms. The van der Waals surface area contributed by atoms with Gasteiger partial charge in [0.25, 0.3) is 0 Å². The highest BCUT2D eigenvalue weighted by atomic mass is 16.5. The molecule has 112 valence electrons. The van der Waals surface area contributed by atoms with Crippen LogP contribution in [0.4, 0.5) is 0 Å². The quantitative estimate of drug-likeness (QED) is 0.797. The molecular weight excluding hydrogens is 270 g/mol. The molecule has 0 spiro atoms. The maximum absolute atomic E-state index is 11.8. The number of ether oxygens (including phenoxy) is 1. The number of amides is 1. The van der Waals surface area contributed by atoms with Gasteiger partial charge < -0.3 is 15.0 Å². The molecule has 2 rings (SSSR count). The second-order valence-corrected chi connectivity index (χ2v) is 4.73. The zero-order chi connectivity index (χ0) is 15.2. The standard InChI is InChI=1S/C15H19N3O3/c1-3-21-14(20)9-8-13(19)16-10(2)15-17-11-6-4-5-7-12(11)18-15/h4-7,10H,3,8-9H2,1-2H3,(H,16,19)(H,17,18). The molecule has 0 aliphatic heterocycles. The van der Waals surface area contributed by atoms with Crippen LogP contribution in [0.15, 0.2) is 24.3 Å². The van der Waals surface area contributed by atoms with Crippen molar-refractivity contribution in [2.24, 2.45) is 0 Å². The van der Waals surface area contributed by atoms with Gasteiger partial charge in [0.1, 0.15) is 5.82 Å². The second kappa shape index (κ2) is 6.88. The Morgan fingerprint density at radius 3 is 2.81 bits per heavy atom. The summed E-state index contributed by atoms with van der Waals surface area (Å²) in [6.07, 6.45) is 0.204. The van der Waals surface area contributed by atoms with Gasteiger partial charge in [0.05, 0.1) is 30.1 Å². The van der Waals surface area contributed by atoms with Gasteiger partial charge in [-0.05, 0) is 26.0 Å². The van der Waals surface area contributed by atoms with Gasteiger partial charge in [0.15, 0.2) is 0 Å². The Balaban J connectivity index is 1.90. The molecule has 0 saturated heterocycles. The molecule has 21 heavy (non-hydrogen) atoms. The molecule has 0 aliphatic carbocycles. The monoisotopic (exact) mass is 289 g/mol. The van der Waals surface area contributed by atoms with E-state index >= 15 is 0 Å². The first-order chi connectivity index (χ1) is 10.1. The lowest BCUT2D eigenvalue weighted by Crippen LogP contribution is -2.27. The number of nitrogens with one attached hydrogen (secondary N) is 2. The number of para-hydroxylation sites is 2. The molecular formula is C15H19N3O3. The Morgan fingerprint density at radius 1 is 1.33 bits per heavy atom. The van der Waals surface area contributed by atoms with Crippen molar-refractivity contribution in [1.82, 2.24) is 15.3 Å². The smallest absolute Gasteiger partial charge is 0.306 e. The van der Waals surface area contributed by atoms with E-state index < -0.39 is 0 Å². The van der Waals surface area contributed by atoms with E-state index in [4.69, 9.17) is 4.74 Å². The van der Waals surface area contributed by atoms with Gasteiger partial charge in [0, 0.05) is 6.42 Å². The van der Waals surface area contributed by atoms with Crippen LogP contribution in [0.1, 0.15) is 38.6 Å². The number of H-pyrrole nitrogens is 1. The minimum atomic E-state index is -0.357. The average molecular weight is 289 g/mol. The minimum Gasteiger partial charge on any atom is -0.466 e. The first kappa shape index (κ1) is 15.0. The molecule has 0 aliphatic rings. The molecule has 1 unspecified atom stereocenters. The zero-order valence-corrected chi connectivity index (χ0v) is 12.2. The number of aromatic amines is 1. The fraction of sp³-hybridized carbons (Fsp3) is 0.400. The molecule has 1 amide bonds. The molecule has 1 atom stereocenters.